The summed E-state index contributed by atoms with van der Waals surface area (Å²) >= 11 is 0. The molecule has 23 heavy (non-hydrogen) atoms. The molecule has 1 amide bonds. The molecule has 0 bridgehead atoms. The quantitative estimate of drug-likeness (QED) is 0.849. The lowest BCUT2D eigenvalue weighted by atomic mass is 9.95. The summed E-state index contributed by atoms with van der Waals surface area (Å²) in [5, 5.41) is 16.8. The molecule has 0 unspecified atom stereocenters. The van der Waals surface area contributed by atoms with Crippen molar-refractivity contribution in [1.82, 2.24) is 20.6 Å². The number of amides is 1. The van der Waals surface area contributed by atoms with Gasteiger partial charge in [0.25, 0.3) is 0 Å². The Hall–Kier alpha value is -2.28. The summed E-state index contributed by atoms with van der Waals surface area (Å²) < 4.78 is 5.34. The van der Waals surface area contributed by atoms with Crippen LogP contribution in [0.5, 0.6) is 0 Å². The molecule has 1 fully saturated rings. The van der Waals surface area contributed by atoms with E-state index in [0.717, 1.165) is 43.7 Å². The number of hydrogen-bond donors (Lipinski definition) is 2. The summed E-state index contributed by atoms with van der Waals surface area (Å²) in [5.74, 6) is 1.34. The number of carbonyl (C=O) groups excluding carboxylic acids is 1. The molecule has 7 nitrogen and oxygen atoms in total. The van der Waals surface area contributed by atoms with Crippen molar-refractivity contribution in [2.75, 3.05) is 18.5 Å². The SMILES string of the molecule is O=C(CCC1CCOCC1)Nc1ccc(Cc2nn[nH]n2)cc1. The van der Waals surface area contributed by atoms with Crippen molar-refractivity contribution in [1.29, 1.82) is 0 Å². The fourth-order valence-corrected chi connectivity index (χ4v) is 2.74. The zero-order chi connectivity index (χ0) is 15.9. The average Bonchev–Trinajstić information content (AvgIpc) is 3.09. The standard InChI is InChI=1S/C16H21N5O2/c22-16(6-3-12-7-9-23-10-8-12)17-14-4-1-13(2-5-14)11-15-18-20-21-19-15/h1-2,4-5,12H,3,6-11H2,(H,17,22)(H,18,19,20,21). The number of anilines is 1. The number of benzene rings is 1. The monoisotopic (exact) mass is 315 g/mol. The molecule has 3 rings (SSSR count). The van der Waals surface area contributed by atoms with Crippen molar-refractivity contribution in [3.63, 3.8) is 0 Å². The Bertz CT molecular complexity index is 606. The minimum Gasteiger partial charge on any atom is -0.381 e. The summed E-state index contributed by atoms with van der Waals surface area (Å²) in [4.78, 5) is 12.0. The predicted octanol–water partition coefficient (Wildman–Crippen LogP) is 1.94. The lowest BCUT2D eigenvalue weighted by Crippen LogP contribution is -2.18. The number of aromatic nitrogens is 4. The van der Waals surface area contributed by atoms with Gasteiger partial charge in [0.05, 0.1) is 0 Å². The van der Waals surface area contributed by atoms with E-state index in [2.05, 4.69) is 25.9 Å². The Morgan fingerprint density at radius 2 is 2.04 bits per heavy atom. The predicted molar refractivity (Wildman–Crippen MR) is 84.8 cm³/mol. The fourth-order valence-electron chi connectivity index (χ4n) is 2.74. The van der Waals surface area contributed by atoms with Crippen molar-refractivity contribution in [3.8, 4) is 0 Å². The molecule has 1 aromatic carbocycles. The Kier molecular flexibility index (Phi) is 5.31. The lowest BCUT2D eigenvalue weighted by molar-refractivity contribution is -0.116. The van der Waals surface area contributed by atoms with Crippen LogP contribution in [0.15, 0.2) is 24.3 Å². The van der Waals surface area contributed by atoms with Crippen molar-refractivity contribution in [2.45, 2.75) is 32.1 Å². The zero-order valence-electron chi connectivity index (χ0n) is 13.0. The molecule has 0 spiro atoms. The van der Waals surface area contributed by atoms with Gasteiger partial charge in [-0.25, -0.2) is 0 Å². The first kappa shape index (κ1) is 15.6. The van der Waals surface area contributed by atoms with Crippen LogP contribution in [-0.4, -0.2) is 39.7 Å². The number of tetrazole rings is 1. The smallest absolute Gasteiger partial charge is 0.224 e. The molecule has 0 atom stereocenters. The van der Waals surface area contributed by atoms with Crippen LogP contribution in [0.25, 0.3) is 0 Å². The third-order valence-corrected chi connectivity index (χ3v) is 4.11. The maximum Gasteiger partial charge on any atom is 0.224 e. The second-order valence-corrected chi connectivity index (χ2v) is 5.84. The molecule has 2 heterocycles. The highest BCUT2D eigenvalue weighted by atomic mass is 16.5. The minimum absolute atomic E-state index is 0.0717. The van der Waals surface area contributed by atoms with E-state index < -0.39 is 0 Å². The highest BCUT2D eigenvalue weighted by Gasteiger charge is 2.15. The van der Waals surface area contributed by atoms with Crippen molar-refractivity contribution in [3.05, 3.63) is 35.7 Å². The van der Waals surface area contributed by atoms with Gasteiger partial charge in [0.1, 0.15) is 0 Å². The second kappa shape index (κ2) is 7.82. The number of hydrogen-bond acceptors (Lipinski definition) is 5. The molecule has 122 valence electrons. The number of carbonyl (C=O) groups is 1. The average molecular weight is 315 g/mol. The van der Waals surface area contributed by atoms with Crippen LogP contribution in [-0.2, 0) is 16.0 Å². The number of aromatic amines is 1. The summed E-state index contributed by atoms with van der Waals surface area (Å²) in [6.45, 7) is 1.66. The fraction of sp³-hybridized carbons (Fsp3) is 0.500. The first-order chi connectivity index (χ1) is 11.3. The molecule has 2 aromatic rings. The van der Waals surface area contributed by atoms with Crippen LogP contribution < -0.4 is 5.32 Å². The van der Waals surface area contributed by atoms with Crippen LogP contribution in [0.4, 0.5) is 5.69 Å². The largest absolute Gasteiger partial charge is 0.381 e. The van der Waals surface area contributed by atoms with Crippen LogP contribution in [0.3, 0.4) is 0 Å². The molecular formula is C16H21N5O2. The molecule has 0 radical (unpaired) electrons. The number of nitrogens with one attached hydrogen (secondary N) is 2. The summed E-state index contributed by atoms with van der Waals surface area (Å²) in [6, 6.07) is 7.73. The molecule has 2 N–H and O–H groups in total. The van der Waals surface area contributed by atoms with Gasteiger partial charge < -0.3 is 10.1 Å². The molecule has 0 saturated carbocycles. The van der Waals surface area contributed by atoms with Crippen LogP contribution in [0.1, 0.15) is 37.1 Å². The summed E-state index contributed by atoms with van der Waals surface area (Å²) in [7, 11) is 0. The maximum absolute atomic E-state index is 12.0. The molecule has 1 saturated heterocycles. The van der Waals surface area contributed by atoms with Gasteiger partial charge in [-0.2, -0.15) is 5.21 Å². The number of H-pyrrole nitrogens is 1. The first-order valence-corrected chi connectivity index (χ1v) is 7.98. The van der Waals surface area contributed by atoms with Gasteiger partial charge in [-0.3, -0.25) is 4.79 Å². The van der Waals surface area contributed by atoms with E-state index in [-0.39, 0.29) is 5.91 Å². The second-order valence-electron chi connectivity index (χ2n) is 5.84. The Labute approximate surface area is 134 Å². The molecule has 0 aliphatic carbocycles. The number of ether oxygens (including phenoxy) is 1. The van der Waals surface area contributed by atoms with E-state index in [0.29, 0.717) is 24.6 Å². The highest BCUT2D eigenvalue weighted by molar-refractivity contribution is 5.90. The van der Waals surface area contributed by atoms with Crippen molar-refractivity contribution >= 4 is 11.6 Å². The van der Waals surface area contributed by atoms with Gasteiger partial charge in [-0.1, -0.05) is 17.3 Å². The minimum atomic E-state index is 0.0717. The van der Waals surface area contributed by atoms with E-state index in [4.69, 9.17) is 4.74 Å². The van der Waals surface area contributed by atoms with Gasteiger partial charge >= 0.3 is 0 Å². The Balaban J connectivity index is 1.44. The van der Waals surface area contributed by atoms with Gasteiger partial charge in [0.2, 0.25) is 5.91 Å². The van der Waals surface area contributed by atoms with E-state index in [1.165, 1.54) is 0 Å². The third kappa shape index (κ3) is 4.85. The van der Waals surface area contributed by atoms with Gasteiger partial charge in [0, 0.05) is 31.7 Å². The van der Waals surface area contributed by atoms with Crippen LogP contribution >= 0.6 is 0 Å². The number of nitrogens with zero attached hydrogens (tertiary/aromatic N) is 3. The van der Waals surface area contributed by atoms with E-state index in [1.807, 2.05) is 24.3 Å². The van der Waals surface area contributed by atoms with Crippen LogP contribution in [0, 0.1) is 5.92 Å². The maximum atomic E-state index is 12.0. The summed E-state index contributed by atoms with van der Waals surface area (Å²) in [6.07, 6.45) is 4.25. The van der Waals surface area contributed by atoms with E-state index in [9.17, 15) is 4.79 Å². The molecule has 1 aliphatic rings. The Morgan fingerprint density at radius 1 is 1.26 bits per heavy atom. The molecule has 1 aromatic heterocycles. The van der Waals surface area contributed by atoms with Gasteiger partial charge in [-0.05, 0) is 42.9 Å². The highest BCUT2D eigenvalue weighted by Crippen LogP contribution is 2.20. The topological polar surface area (TPSA) is 92.8 Å². The van der Waals surface area contributed by atoms with Crippen molar-refractivity contribution < 1.29 is 9.53 Å². The molecular weight excluding hydrogens is 294 g/mol. The first-order valence-electron chi connectivity index (χ1n) is 7.98. The van der Waals surface area contributed by atoms with Gasteiger partial charge in [-0.15, -0.1) is 10.2 Å². The Morgan fingerprint density at radius 3 is 2.74 bits per heavy atom. The summed E-state index contributed by atoms with van der Waals surface area (Å²) in [5.41, 5.74) is 1.89. The molecule has 1 aliphatic heterocycles. The zero-order valence-corrected chi connectivity index (χ0v) is 13.0. The van der Waals surface area contributed by atoms with E-state index in [1.54, 1.807) is 0 Å². The third-order valence-electron chi connectivity index (χ3n) is 4.11. The number of rotatable bonds is 6. The van der Waals surface area contributed by atoms with Gasteiger partial charge in [0.15, 0.2) is 5.82 Å². The van der Waals surface area contributed by atoms with Crippen LogP contribution in [0.2, 0.25) is 0 Å². The van der Waals surface area contributed by atoms with E-state index >= 15 is 0 Å². The normalized spacial score (nSPS) is 15.5. The molecule has 7 heteroatoms. The van der Waals surface area contributed by atoms with Crippen molar-refractivity contribution in [2.24, 2.45) is 5.92 Å². The lowest BCUT2D eigenvalue weighted by Gasteiger charge is -2.21.